The zero-order chi connectivity index (χ0) is 21.6. The Hall–Kier alpha value is -2.97. The lowest BCUT2D eigenvalue weighted by molar-refractivity contribution is -0.154. The maximum atomic E-state index is 13.8. The highest BCUT2D eigenvalue weighted by Gasteiger charge is 2.28. The highest BCUT2D eigenvalue weighted by Crippen LogP contribution is 2.18. The van der Waals surface area contributed by atoms with E-state index in [1.807, 2.05) is 0 Å². The topological polar surface area (TPSA) is 105 Å². The number of carbonyl (C=O) groups excluding carboxylic acids is 4. The quantitative estimate of drug-likeness (QED) is 0.591. The highest BCUT2D eigenvalue weighted by atomic mass is 19.1. The van der Waals surface area contributed by atoms with Crippen molar-refractivity contribution in [3.8, 4) is 0 Å². The average Bonchev–Trinajstić information content (AvgIpc) is 3.47. The fourth-order valence-electron chi connectivity index (χ4n) is 2.50. The van der Waals surface area contributed by atoms with Crippen LogP contribution in [0, 0.1) is 11.7 Å². The Balaban J connectivity index is 1.86. The number of rotatable bonds is 9. The number of hydrogen-bond acceptors (Lipinski definition) is 5. The summed E-state index contributed by atoms with van der Waals surface area (Å²) >= 11 is 0. The molecule has 1 saturated carbocycles. The van der Waals surface area contributed by atoms with Gasteiger partial charge in [-0.3, -0.25) is 14.4 Å². The van der Waals surface area contributed by atoms with Crippen LogP contribution in [0.1, 0.15) is 37.0 Å². The van der Waals surface area contributed by atoms with Crippen LogP contribution in [0.4, 0.5) is 4.39 Å². The third-order valence-electron chi connectivity index (χ3n) is 4.41. The van der Waals surface area contributed by atoms with Crippen molar-refractivity contribution in [3.63, 3.8) is 0 Å². The molecule has 0 heterocycles. The Labute approximate surface area is 168 Å². The second-order valence-electron chi connectivity index (χ2n) is 7.37. The van der Waals surface area contributed by atoms with Gasteiger partial charge in [-0.15, -0.1) is 0 Å². The standard InChI is InChI=1S/C20H26FN3O5/c1-12(2)18(23-19(27)14-6-4-5-7-15(14)21)20(28)29-11-17(26)24(3)10-16(25)22-13-8-9-13/h4-7,12-13,18H,8-11H2,1-3H3,(H,22,25)(H,23,27)/t18-/m0/s1. The normalized spacial score (nSPS) is 14.1. The number of carbonyl (C=O) groups is 4. The van der Waals surface area contributed by atoms with Crippen molar-refractivity contribution in [2.45, 2.75) is 38.8 Å². The molecule has 0 radical (unpaired) electrons. The third-order valence-corrected chi connectivity index (χ3v) is 4.41. The van der Waals surface area contributed by atoms with Gasteiger partial charge in [-0.2, -0.15) is 0 Å². The molecule has 0 spiro atoms. The summed E-state index contributed by atoms with van der Waals surface area (Å²) in [6.07, 6.45) is 1.88. The second kappa shape index (κ2) is 9.99. The minimum atomic E-state index is -1.06. The minimum Gasteiger partial charge on any atom is -0.454 e. The summed E-state index contributed by atoms with van der Waals surface area (Å²) in [4.78, 5) is 49.6. The van der Waals surface area contributed by atoms with Crippen molar-refractivity contribution in [3.05, 3.63) is 35.6 Å². The van der Waals surface area contributed by atoms with Gasteiger partial charge in [0.2, 0.25) is 5.91 Å². The van der Waals surface area contributed by atoms with E-state index >= 15 is 0 Å². The molecule has 29 heavy (non-hydrogen) atoms. The van der Waals surface area contributed by atoms with E-state index < -0.39 is 36.2 Å². The van der Waals surface area contributed by atoms with Crippen LogP contribution in [-0.4, -0.2) is 60.9 Å². The maximum absolute atomic E-state index is 13.8. The molecule has 8 nitrogen and oxygen atoms in total. The van der Waals surface area contributed by atoms with Crippen LogP contribution in [0.25, 0.3) is 0 Å². The third kappa shape index (κ3) is 6.85. The number of benzene rings is 1. The number of ether oxygens (including phenoxy) is 1. The average molecular weight is 407 g/mol. The largest absolute Gasteiger partial charge is 0.454 e. The molecule has 1 fully saturated rings. The molecule has 2 N–H and O–H groups in total. The van der Waals surface area contributed by atoms with E-state index in [2.05, 4.69) is 10.6 Å². The van der Waals surface area contributed by atoms with Crippen LogP contribution in [-0.2, 0) is 19.1 Å². The van der Waals surface area contributed by atoms with Crippen LogP contribution in [0.15, 0.2) is 24.3 Å². The summed E-state index contributed by atoms with van der Waals surface area (Å²) in [5.74, 6) is -3.44. The molecule has 2 rings (SSSR count). The first-order chi connectivity index (χ1) is 13.7. The first kappa shape index (κ1) is 22.3. The predicted molar refractivity (Wildman–Crippen MR) is 102 cm³/mol. The zero-order valence-corrected chi connectivity index (χ0v) is 16.7. The minimum absolute atomic E-state index is 0.134. The van der Waals surface area contributed by atoms with Gasteiger partial charge < -0.3 is 20.3 Å². The van der Waals surface area contributed by atoms with Crippen molar-refractivity contribution in [1.82, 2.24) is 15.5 Å². The number of likely N-dealkylation sites (N-methyl/N-ethyl adjacent to an activating group) is 1. The van der Waals surface area contributed by atoms with Crippen LogP contribution in [0.2, 0.25) is 0 Å². The van der Waals surface area contributed by atoms with Gasteiger partial charge in [0, 0.05) is 13.1 Å². The van der Waals surface area contributed by atoms with E-state index in [9.17, 15) is 23.6 Å². The Kier molecular flexibility index (Phi) is 7.69. The molecule has 1 aliphatic carbocycles. The number of nitrogens with one attached hydrogen (secondary N) is 2. The summed E-state index contributed by atoms with van der Waals surface area (Å²) in [5.41, 5.74) is -0.191. The Morgan fingerprint density at radius 2 is 1.86 bits per heavy atom. The van der Waals surface area contributed by atoms with Crippen LogP contribution in [0.3, 0.4) is 0 Å². The molecular formula is C20H26FN3O5. The first-order valence-corrected chi connectivity index (χ1v) is 9.44. The zero-order valence-electron chi connectivity index (χ0n) is 16.7. The Bertz CT molecular complexity index is 779. The van der Waals surface area contributed by atoms with Gasteiger partial charge in [-0.25, -0.2) is 9.18 Å². The molecule has 1 aliphatic rings. The Morgan fingerprint density at radius 1 is 1.21 bits per heavy atom. The first-order valence-electron chi connectivity index (χ1n) is 9.44. The lowest BCUT2D eigenvalue weighted by Gasteiger charge is -2.22. The molecular weight excluding hydrogens is 381 g/mol. The molecule has 1 atom stereocenters. The van der Waals surface area contributed by atoms with Gasteiger partial charge >= 0.3 is 5.97 Å². The van der Waals surface area contributed by atoms with Gasteiger partial charge in [0.25, 0.3) is 11.8 Å². The van der Waals surface area contributed by atoms with Crippen LogP contribution >= 0.6 is 0 Å². The van der Waals surface area contributed by atoms with Gasteiger partial charge in [0.15, 0.2) is 6.61 Å². The molecule has 0 unspecified atom stereocenters. The number of hydrogen-bond donors (Lipinski definition) is 2. The lowest BCUT2D eigenvalue weighted by Crippen LogP contribution is -2.47. The molecule has 1 aromatic rings. The molecule has 0 saturated heterocycles. The Morgan fingerprint density at radius 3 is 2.45 bits per heavy atom. The van der Waals surface area contributed by atoms with Gasteiger partial charge in [0.05, 0.1) is 12.1 Å². The fourth-order valence-corrected chi connectivity index (χ4v) is 2.50. The van der Waals surface area contributed by atoms with Crippen molar-refractivity contribution in [2.24, 2.45) is 5.92 Å². The van der Waals surface area contributed by atoms with Crippen molar-refractivity contribution >= 4 is 23.7 Å². The van der Waals surface area contributed by atoms with E-state index in [4.69, 9.17) is 4.74 Å². The monoisotopic (exact) mass is 407 g/mol. The SMILES string of the molecule is CC(C)[C@H](NC(=O)c1ccccc1F)C(=O)OCC(=O)N(C)CC(=O)NC1CC1. The van der Waals surface area contributed by atoms with E-state index in [0.717, 1.165) is 23.8 Å². The number of esters is 1. The number of amides is 3. The van der Waals surface area contributed by atoms with E-state index in [0.29, 0.717) is 0 Å². The molecule has 0 bridgehead atoms. The fraction of sp³-hybridized carbons (Fsp3) is 0.500. The van der Waals surface area contributed by atoms with Gasteiger partial charge in [0.1, 0.15) is 11.9 Å². The van der Waals surface area contributed by atoms with Crippen LogP contribution < -0.4 is 10.6 Å². The maximum Gasteiger partial charge on any atom is 0.329 e. The van der Waals surface area contributed by atoms with Crippen molar-refractivity contribution in [2.75, 3.05) is 20.2 Å². The summed E-state index contributed by atoms with van der Waals surface area (Å²) in [6.45, 7) is 2.67. The highest BCUT2D eigenvalue weighted by molar-refractivity contribution is 5.97. The molecule has 1 aromatic carbocycles. The van der Waals surface area contributed by atoms with Crippen molar-refractivity contribution < 1.29 is 28.3 Å². The number of nitrogens with zero attached hydrogens (tertiary/aromatic N) is 1. The molecule has 3 amide bonds. The van der Waals surface area contributed by atoms with Gasteiger partial charge in [-0.05, 0) is 30.9 Å². The molecule has 9 heteroatoms. The predicted octanol–water partition coefficient (Wildman–Crippen LogP) is 0.860. The summed E-state index contributed by atoms with van der Waals surface area (Å²) in [6, 6.07) is 4.54. The van der Waals surface area contributed by atoms with E-state index in [-0.39, 0.29) is 30.0 Å². The summed E-state index contributed by atoms with van der Waals surface area (Å²) in [7, 11) is 1.43. The molecule has 0 aliphatic heterocycles. The lowest BCUT2D eigenvalue weighted by atomic mass is 10.0. The second-order valence-corrected chi connectivity index (χ2v) is 7.37. The molecule has 158 valence electrons. The van der Waals surface area contributed by atoms with E-state index in [1.165, 1.54) is 25.2 Å². The van der Waals surface area contributed by atoms with Crippen molar-refractivity contribution in [1.29, 1.82) is 0 Å². The summed E-state index contributed by atoms with van der Waals surface area (Å²) in [5, 5.41) is 5.21. The van der Waals surface area contributed by atoms with Gasteiger partial charge in [-0.1, -0.05) is 26.0 Å². The van der Waals surface area contributed by atoms with Crippen LogP contribution in [0.5, 0.6) is 0 Å². The van der Waals surface area contributed by atoms with E-state index in [1.54, 1.807) is 13.8 Å². The summed E-state index contributed by atoms with van der Waals surface area (Å²) < 4.78 is 18.8. The molecule has 0 aromatic heterocycles. The smallest absolute Gasteiger partial charge is 0.329 e. The number of halogens is 1.